The Balaban J connectivity index is 2.08. The zero-order chi connectivity index (χ0) is 18.2. The zero-order valence-corrected chi connectivity index (χ0v) is 14.5. The van der Waals surface area contributed by atoms with Gasteiger partial charge in [-0.3, -0.25) is 9.59 Å². The van der Waals surface area contributed by atoms with Crippen LogP contribution in [0.4, 0.5) is 0 Å². The number of carbonyl (C=O) groups is 3. The highest BCUT2D eigenvalue weighted by molar-refractivity contribution is 5.90. The molecule has 2 amide bonds. The molecule has 0 saturated heterocycles. The van der Waals surface area contributed by atoms with Crippen LogP contribution in [0.25, 0.3) is 0 Å². The van der Waals surface area contributed by atoms with Crippen molar-refractivity contribution in [1.82, 2.24) is 10.6 Å². The molecule has 6 nitrogen and oxygen atoms in total. The zero-order valence-electron chi connectivity index (χ0n) is 14.5. The Bertz CT molecular complexity index is 597. The van der Waals surface area contributed by atoms with Gasteiger partial charge in [0.25, 0.3) is 0 Å². The van der Waals surface area contributed by atoms with Gasteiger partial charge in [-0.2, -0.15) is 0 Å². The summed E-state index contributed by atoms with van der Waals surface area (Å²) in [7, 11) is 0. The maximum atomic E-state index is 12.7. The first-order valence-corrected chi connectivity index (χ1v) is 8.81. The van der Waals surface area contributed by atoms with Crippen LogP contribution in [0.2, 0.25) is 0 Å². The Morgan fingerprint density at radius 3 is 2.28 bits per heavy atom. The van der Waals surface area contributed by atoms with Gasteiger partial charge < -0.3 is 15.7 Å². The Kier molecular flexibility index (Phi) is 6.98. The van der Waals surface area contributed by atoms with E-state index in [9.17, 15) is 19.5 Å². The summed E-state index contributed by atoms with van der Waals surface area (Å²) in [6, 6.07) is 7.65. The van der Waals surface area contributed by atoms with E-state index in [1.54, 1.807) is 0 Å². The van der Waals surface area contributed by atoms with Gasteiger partial charge in [-0.25, -0.2) is 4.79 Å². The number of hydrogen-bond donors (Lipinski definition) is 3. The summed E-state index contributed by atoms with van der Waals surface area (Å²) in [6.45, 7) is 1.35. The fourth-order valence-corrected chi connectivity index (χ4v) is 3.41. The predicted molar refractivity (Wildman–Crippen MR) is 93.9 cm³/mol. The third-order valence-corrected chi connectivity index (χ3v) is 4.66. The first-order valence-electron chi connectivity index (χ1n) is 8.81. The van der Waals surface area contributed by atoms with Crippen LogP contribution in [0, 0.1) is 5.92 Å². The van der Waals surface area contributed by atoms with Crippen LogP contribution in [0.5, 0.6) is 0 Å². The molecule has 136 valence electrons. The highest BCUT2D eigenvalue weighted by Crippen LogP contribution is 2.26. The quantitative estimate of drug-likeness (QED) is 0.702. The Morgan fingerprint density at radius 1 is 1.08 bits per heavy atom. The molecule has 0 unspecified atom stereocenters. The van der Waals surface area contributed by atoms with E-state index in [-0.39, 0.29) is 11.8 Å². The fourth-order valence-electron chi connectivity index (χ4n) is 3.41. The van der Waals surface area contributed by atoms with Gasteiger partial charge in [0.1, 0.15) is 12.1 Å². The smallest absolute Gasteiger partial charge is 0.326 e. The molecule has 2 atom stereocenters. The summed E-state index contributed by atoms with van der Waals surface area (Å²) in [5.74, 6) is -1.83. The van der Waals surface area contributed by atoms with E-state index in [0.29, 0.717) is 6.42 Å². The maximum absolute atomic E-state index is 12.7. The van der Waals surface area contributed by atoms with Gasteiger partial charge in [0, 0.05) is 13.3 Å². The van der Waals surface area contributed by atoms with Crippen molar-refractivity contribution in [1.29, 1.82) is 0 Å². The summed E-state index contributed by atoms with van der Waals surface area (Å²) in [5, 5.41) is 14.8. The Morgan fingerprint density at radius 2 is 1.72 bits per heavy atom. The standard InChI is InChI=1S/C19H26N2O4/c1-13(22)20-16(12-14-8-4-2-5-9-14)18(23)21-17(19(24)25)15-10-6-3-7-11-15/h2,4-5,8-9,15-17H,3,6-7,10-12H2,1H3,(H,20,22)(H,21,23)(H,24,25)/t16-,17-/m1/s1. The molecule has 0 aliphatic heterocycles. The fraction of sp³-hybridized carbons (Fsp3) is 0.526. The molecule has 0 spiro atoms. The number of hydrogen-bond acceptors (Lipinski definition) is 3. The van der Waals surface area contributed by atoms with Gasteiger partial charge in [-0.15, -0.1) is 0 Å². The number of carboxylic acid groups (broad SMARTS) is 1. The summed E-state index contributed by atoms with van der Waals surface area (Å²) in [6.07, 6.45) is 5.02. The van der Waals surface area contributed by atoms with Gasteiger partial charge in [-0.1, -0.05) is 49.6 Å². The topological polar surface area (TPSA) is 95.5 Å². The highest BCUT2D eigenvalue weighted by atomic mass is 16.4. The Hall–Kier alpha value is -2.37. The first-order chi connectivity index (χ1) is 12.0. The van der Waals surface area contributed by atoms with E-state index >= 15 is 0 Å². The number of carboxylic acids is 1. The van der Waals surface area contributed by atoms with Crippen molar-refractivity contribution in [3.8, 4) is 0 Å². The predicted octanol–water partition coefficient (Wildman–Crippen LogP) is 1.88. The van der Waals surface area contributed by atoms with E-state index in [2.05, 4.69) is 10.6 Å². The van der Waals surface area contributed by atoms with Crippen molar-refractivity contribution in [3.05, 3.63) is 35.9 Å². The van der Waals surface area contributed by atoms with Crippen LogP contribution in [0.1, 0.15) is 44.6 Å². The number of nitrogens with one attached hydrogen (secondary N) is 2. The van der Waals surface area contributed by atoms with Gasteiger partial charge in [0.2, 0.25) is 11.8 Å². The molecule has 6 heteroatoms. The Labute approximate surface area is 148 Å². The average Bonchev–Trinajstić information content (AvgIpc) is 2.60. The molecule has 1 saturated carbocycles. The lowest BCUT2D eigenvalue weighted by Crippen LogP contribution is -2.54. The molecule has 3 N–H and O–H groups in total. The minimum absolute atomic E-state index is 0.0510. The van der Waals surface area contributed by atoms with Crippen molar-refractivity contribution in [3.63, 3.8) is 0 Å². The van der Waals surface area contributed by atoms with Crippen LogP contribution >= 0.6 is 0 Å². The van der Waals surface area contributed by atoms with E-state index in [4.69, 9.17) is 0 Å². The maximum Gasteiger partial charge on any atom is 0.326 e. The number of benzene rings is 1. The second-order valence-corrected chi connectivity index (χ2v) is 6.67. The van der Waals surface area contributed by atoms with E-state index in [1.807, 2.05) is 30.3 Å². The molecule has 0 bridgehead atoms. The third-order valence-electron chi connectivity index (χ3n) is 4.66. The third kappa shape index (κ3) is 5.89. The lowest BCUT2D eigenvalue weighted by Gasteiger charge is -2.29. The molecule has 1 fully saturated rings. The molecule has 0 heterocycles. The van der Waals surface area contributed by atoms with E-state index in [1.165, 1.54) is 6.92 Å². The minimum Gasteiger partial charge on any atom is -0.480 e. The lowest BCUT2D eigenvalue weighted by molar-refractivity contribution is -0.144. The van der Waals surface area contributed by atoms with Gasteiger partial charge >= 0.3 is 5.97 Å². The van der Waals surface area contributed by atoms with E-state index in [0.717, 1.165) is 37.7 Å². The second-order valence-electron chi connectivity index (χ2n) is 6.67. The van der Waals surface area contributed by atoms with Gasteiger partial charge in [-0.05, 0) is 24.3 Å². The van der Waals surface area contributed by atoms with Crippen molar-refractivity contribution < 1.29 is 19.5 Å². The first kappa shape index (κ1) is 19.0. The molecular formula is C19H26N2O4. The van der Waals surface area contributed by atoms with Crippen LogP contribution in [0.15, 0.2) is 30.3 Å². The van der Waals surface area contributed by atoms with Crippen LogP contribution in [-0.2, 0) is 20.8 Å². The molecule has 1 aromatic carbocycles. The van der Waals surface area contributed by atoms with Crippen LogP contribution in [-0.4, -0.2) is 35.0 Å². The number of amides is 2. The van der Waals surface area contributed by atoms with Gasteiger partial charge in [0.15, 0.2) is 0 Å². The van der Waals surface area contributed by atoms with Crippen LogP contribution < -0.4 is 10.6 Å². The van der Waals surface area contributed by atoms with Crippen molar-refractivity contribution in [2.75, 3.05) is 0 Å². The minimum atomic E-state index is -1.01. The van der Waals surface area contributed by atoms with Crippen LogP contribution in [0.3, 0.4) is 0 Å². The van der Waals surface area contributed by atoms with Crippen molar-refractivity contribution >= 4 is 17.8 Å². The number of aliphatic carboxylic acids is 1. The number of rotatable bonds is 7. The molecular weight excluding hydrogens is 320 g/mol. The largest absolute Gasteiger partial charge is 0.480 e. The highest BCUT2D eigenvalue weighted by Gasteiger charge is 2.32. The summed E-state index contributed by atoms with van der Waals surface area (Å²) in [5.41, 5.74) is 0.904. The molecule has 0 radical (unpaired) electrons. The average molecular weight is 346 g/mol. The van der Waals surface area contributed by atoms with E-state index < -0.39 is 24.0 Å². The molecule has 1 aromatic rings. The monoisotopic (exact) mass is 346 g/mol. The second kappa shape index (κ2) is 9.20. The van der Waals surface area contributed by atoms with Gasteiger partial charge in [0.05, 0.1) is 0 Å². The SMILES string of the molecule is CC(=O)N[C@H](Cc1ccccc1)C(=O)N[C@@H](C(=O)O)C1CCCCC1. The molecule has 1 aliphatic carbocycles. The normalized spacial score (nSPS) is 17.3. The number of carbonyl (C=O) groups excluding carboxylic acids is 2. The summed E-state index contributed by atoms with van der Waals surface area (Å²) < 4.78 is 0. The molecule has 25 heavy (non-hydrogen) atoms. The molecule has 0 aromatic heterocycles. The van der Waals surface area contributed by atoms with Crippen molar-refractivity contribution in [2.45, 2.75) is 57.5 Å². The molecule has 2 rings (SSSR count). The van der Waals surface area contributed by atoms with Crippen molar-refractivity contribution in [2.24, 2.45) is 5.92 Å². The lowest BCUT2D eigenvalue weighted by atomic mass is 9.83. The molecule has 1 aliphatic rings. The summed E-state index contributed by atoms with van der Waals surface area (Å²) in [4.78, 5) is 35.7. The summed E-state index contributed by atoms with van der Waals surface area (Å²) >= 11 is 0.